The van der Waals surface area contributed by atoms with Gasteiger partial charge in [0.25, 0.3) is 0 Å². The van der Waals surface area contributed by atoms with E-state index < -0.39 is 0 Å². The lowest BCUT2D eigenvalue weighted by molar-refractivity contribution is -0.111. The Morgan fingerprint density at radius 2 is 2.24 bits per heavy atom. The summed E-state index contributed by atoms with van der Waals surface area (Å²) < 4.78 is 5.15. The molecule has 0 unspecified atom stereocenters. The van der Waals surface area contributed by atoms with Crippen LogP contribution >= 0.6 is 0 Å². The Morgan fingerprint density at radius 1 is 1.33 bits per heavy atom. The minimum absolute atomic E-state index is 0.157. The minimum atomic E-state index is -0.157. The predicted octanol–water partition coefficient (Wildman–Crippen LogP) is 2.92. The third-order valence-electron chi connectivity index (χ3n) is 3.62. The summed E-state index contributed by atoms with van der Waals surface area (Å²) in [6.45, 7) is 2.02. The van der Waals surface area contributed by atoms with Gasteiger partial charge in [-0.2, -0.15) is 0 Å². The fourth-order valence-electron chi connectivity index (χ4n) is 2.50. The lowest BCUT2D eigenvalue weighted by atomic mass is 9.99. The molecule has 1 amide bonds. The summed E-state index contributed by atoms with van der Waals surface area (Å²) in [5.74, 6) is 0.507. The van der Waals surface area contributed by atoms with Crippen LogP contribution in [0.4, 0.5) is 5.69 Å². The van der Waals surface area contributed by atoms with Crippen LogP contribution in [0.15, 0.2) is 47.1 Å². The van der Waals surface area contributed by atoms with Crippen molar-refractivity contribution in [3.8, 4) is 0 Å². The summed E-state index contributed by atoms with van der Waals surface area (Å²) in [4.78, 5) is 14.2. The SMILES string of the molecule is CN1CCc2ccc(NC(=O)C=Cc3ccco3)cc2C1. The molecular formula is C17H18N2O2. The van der Waals surface area contributed by atoms with E-state index in [0.717, 1.165) is 25.2 Å². The van der Waals surface area contributed by atoms with Crippen LogP contribution in [0.2, 0.25) is 0 Å². The van der Waals surface area contributed by atoms with Crippen molar-refractivity contribution in [3.63, 3.8) is 0 Å². The summed E-state index contributed by atoms with van der Waals surface area (Å²) in [7, 11) is 2.11. The second kappa shape index (κ2) is 5.97. The number of carbonyl (C=O) groups excluding carboxylic acids is 1. The number of nitrogens with one attached hydrogen (secondary N) is 1. The third kappa shape index (κ3) is 3.41. The van der Waals surface area contributed by atoms with Crippen molar-refractivity contribution < 1.29 is 9.21 Å². The van der Waals surface area contributed by atoms with Gasteiger partial charge in [-0.25, -0.2) is 0 Å². The maximum Gasteiger partial charge on any atom is 0.248 e. The molecule has 1 aliphatic heterocycles. The average molecular weight is 282 g/mol. The summed E-state index contributed by atoms with van der Waals surface area (Å²) in [6.07, 6.45) is 5.78. The summed E-state index contributed by atoms with van der Waals surface area (Å²) in [5.41, 5.74) is 3.49. The average Bonchev–Trinajstić information content (AvgIpc) is 2.98. The Kier molecular flexibility index (Phi) is 3.88. The number of nitrogens with zero attached hydrogens (tertiary/aromatic N) is 1. The lowest BCUT2D eigenvalue weighted by Crippen LogP contribution is -2.26. The number of hydrogen-bond donors (Lipinski definition) is 1. The number of furan rings is 1. The van der Waals surface area contributed by atoms with Gasteiger partial charge in [-0.05, 0) is 54.9 Å². The van der Waals surface area contributed by atoms with Gasteiger partial charge in [0.1, 0.15) is 5.76 Å². The number of benzene rings is 1. The molecule has 2 heterocycles. The van der Waals surface area contributed by atoms with Crippen molar-refractivity contribution in [3.05, 3.63) is 59.6 Å². The Balaban J connectivity index is 1.67. The Hall–Kier alpha value is -2.33. The van der Waals surface area contributed by atoms with Crippen molar-refractivity contribution >= 4 is 17.7 Å². The van der Waals surface area contributed by atoms with Crippen LogP contribution in [0.1, 0.15) is 16.9 Å². The van der Waals surface area contributed by atoms with E-state index in [4.69, 9.17) is 4.42 Å². The van der Waals surface area contributed by atoms with Gasteiger partial charge in [-0.3, -0.25) is 4.79 Å². The van der Waals surface area contributed by atoms with Crippen LogP contribution in [-0.2, 0) is 17.8 Å². The van der Waals surface area contributed by atoms with E-state index in [0.29, 0.717) is 5.76 Å². The first-order chi connectivity index (χ1) is 10.2. The van der Waals surface area contributed by atoms with Crippen molar-refractivity contribution in [2.75, 3.05) is 18.9 Å². The van der Waals surface area contributed by atoms with Crippen LogP contribution in [0.5, 0.6) is 0 Å². The van der Waals surface area contributed by atoms with Gasteiger partial charge in [-0.15, -0.1) is 0 Å². The number of fused-ring (bicyclic) bond motifs is 1. The Labute approximate surface area is 124 Å². The molecule has 4 nitrogen and oxygen atoms in total. The van der Waals surface area contributed by atoms with E-state index in [1.54, 1.807) is 24.5 Å². The molecule has 2 aromatic rings. The molecule has 4 heteroatoms. The first-order valence-electron chi connectivity index (χ1n) is 7.03. The molecule has 108 valence electrons. The largest absolute Gasteiger partial charge is 0.465 e. The van der Waals surface area contributed by atoms with Gasteiger partial charge in [0.2, 0.25) is 5.91 Å². The maximum atomic E-state index is 11.9. The van der Waals surface area contributed by atoms with Gasteiger partial charge < -0.3 is 14.6 Å². The molecule has 0 spiro atoms. The van der Waals surface area contributed by atoms with Crippen molar-refractivity contribution in [1.82, 2.24) is 4.90 Å². The summed E-state index contributed by atoms with van der Waals surface area (Å²) >= 11 is 0. The topological polar surface area (TPSA) is 45.5 Å². The molecule has 1 aromatic heterocycles. The zero-order valence-corrected chi connectivity index (χ0v) is 12.0. The molecule has 21 heavy (non-hydrogen) atoms. The summed E-state index contributed by atoms with van der Waals surface area (Å²) in [6, 6.07) is 9.72. The van der Waals surface area contributed by atoms with Gasteiger partial charge in [-0.1, -0.05) is 6.07 Å². The highest BCUT2D eigenvalue weighted by atomic mass is 16.3. The van der Waals surface area contributed by atoms with Crippen LogP contribution in [0, 0.1) is 0 Å². The van der Waals surface area contributed by atoms with Crippen LogP contribution in [0.25, 0.3) is 6.08 Å². The monoisotopic (exact) mass is 282 g/mol. The standard InChI is InChI=1S/C17H18N2O2/c1-19-9-8-13-4-5-15(11-14(13)12-19)18-17(20)7-6-16-3-2-10-21-16/h2-7,10-11H,8-9,12H2,1H3,(H,18,20). The van der Waals surface area contributed by atoms with Crippen molar-refractivity contribution in [2.24, 2.45) is 0 Å². The van der Waals surface area contributed by atoms with Crippen LogP contribution in [0.3, 0.4) is 0 Å². The molecule has 0 aliphatic carbocycles. The number of likely N-dealkylation sites (N-methyl/N-ethyl adjacent to an activating group) is 1. The van der Waals surface area contributed by atoms with Crippen LogP contribution < -0.4 is 5.32 Å². The van der Waals surface area contributed by atoms with E-state index in [1.807, 2.05) is 6.07 Å². The van der Waals surface area contributed by atoms with Gasteiger partial charge in [0.15, 0.2) is 0 Å². The minimum Gasteiger partial charge on any atom is -0.465 e. The number of amides is 1. The molecule has 0 atom stereocenters. The summed E-state index contributed by atoms with van der Waals surface area (Å²) in [5, 5.41) is 2.88. The molecule has 0 fully saturated rings. The van der Waals surface area contributed by atoms with E-state index in [-0.39, 0.29) is 5.91 Å². The molecule has 0 radical (unpaired) electrons. The van der Waals surface area contributed by atoms with E-state index >= 15 is 0 Å². The third-order valence-corrected chi connectivity index (χ3v) is 3.62. The molecule has 1 aromatic carbocycles. The Morgan fingerprint density at radius 3 is 3.05 bits per heavy atom. The quantitative estimate of drug-likeness (QED) is 0.880. The fourth-order valence-corrected chi connectivity index (χ4v) is 2.50. The second-order valence-corrected chi connectivity index (χ2v) is 5.31. The van der Waals surface area contributed by atoms with Crippen molar-refractivity contribution in [1.29, 1.82) is 0 Å². The van der Waals surface area contributed by atoms with Gasteiger partial charge >= 0.3 is 0 Å². The molecule has 0 bridgehead atoms. The van der Waals surface area contributed by atoms with Gasteiger partial charge in [0, 0.05) is 24.9 Å². The van der Waals surface area contributed by atoms with E-state index in [1.165, 1.54) is 17.2 Å². The zero-order chi connectivity index (χ0) is 14.7. The normalized spacial score (nSPS) is 15.1. The molecule has 0 saturated heterocycles. The smallest absolute Gasteiger partial charge is 0.248 e. The Bertz CT molecular complexity index is 659. The van der Waals surface area contributed by atoms with E-state index in [2.05, 4.69) is 29.4 Å². The maximum absolute atomic E-state index is 11.9. The highest BCUT2D eigenvalue weighted by Crippen LogP contribution is 2.21. The number of carbonyl (C=O) groups is 1. The number of hydrogen-bond acceptors (Lipinski definition) is 3. The molecule has 1 N–H and O–H groups in total. The number of rotatable bonds is 3. The fraction of sp³-hybridized carbons (Fsp3) is 0.235. The van der Waals surface area contributed by atoms with Crippen molar-refractivity contribution in [2.45, 2.75) is 13.0 Å². The predicted molar refractivity (Wildman–Crippen MR) is 82.9 cm³/mol. The molecule has 3 rings (SSSR count). The highest BCUT2D eigenvalue weighted by molar-refractivity contribution is 6.01. The zero-order valence-electron chi connectivity index (χ0n) is 12.0. The second-order valence-electron chi connectivity index (χ2n) is 5.31. The lowest BCUT2D eigenvalue weighted by Gasteiger charge is -2.25. The van der Waals surface area contributed by atoms with Crippen LogP contribution in [-0.4, -0.2) is 24.4 Å². The van der Waals surface area contributed by atoms with Gasteiger partial charge in [0.05, 0.1) is 6.26 Å². The highest BCUT2D eigenvalue weighted by Gasteiger charge is 2.13. The first-order valence-corrected chi connectivity index (χ1v) is 7.03. The molecular weight excluding hydrogens is 264 g/mol. The van der Waals surface area contributed by atoms with E-state index in [9.17, 15) is 4.79 Å². The first kappa shape index (κ1) is 13.6. The number of anilines is 1. The molecule has 0 saturated carbocycles. The molecule has 1 aliphatic rings.